The summed E-state index contributed by atoms with van der Waals surface area (Å²) in [5.74, 6) is 0.749. The maximum Gasteiger partial charge on any atom is 0.200 e. The molecule has 0 atom stereocenters. The van der Waals surface area contributed by atoms with Crippen LogP contribution in [-0.2, 0) is 0 Å². The average molecular weight is 347 g/mol. The van der Waals surface area contributed by atoms with Gasteiger partial charge in [-0.05, 0) is 45.8 Å². The molecule has 0 bridgehead atoms. The minimum absolute atomic E-state index is 0.0304. The van der Waals surface area contributed by atoms with Gasteiger partial charge in [-0.25, -0.2) is 0 Å². The molecule has 1 heterocycles. The fraction of sp³-hybridized carbons (Fsp3) is 0.0625. The first kappa shape index (κ1) is 13.7. The zero-order valence-electron chi connectivity index (χ0n) is 11.1. The number of aromatic hydroxyl groups is 1. The third-order valence-corrected chi connectivity index (χ3v) is 4.03. The summed E-state index contributed by atoms with van der Waals surface area (Å²) in [5, 5.41) is 10.0. The maximum absolute atomic E-state index is 12.6. The minimum Gasteiger partial charge on any atom is -0.507 e. The Hall–Kier alpha value is -2.27. The Kier molecular flexibility index (Phi) is 3.43. The molecule has 106 valence electrons. The van der Waals surface area contributed by atoms with Crippen LogP contribution in [0.5, 0.6) is 11.5 Å². The summed E-state index contributed by atoms with van der Waals surface area (Å²) in [6.45, 7) is 0. The Morgan fingerprint density at radius 1 is 1.14 bits per heavy atom. The topological polar surface area (TPSA) is 59.7 Å². The van der Waals surface area contributed by atoms with Gasteiger partial charge in [-0.1, -0.05) is 12.1 Å². The largest absolute Gasteiger partial charge is 0.507 e. The van der Waals surface area contributed by atoms with E-state index < -0.39 is 0 Å². The van der Waals surface area contributed by atoms with Gasteiger partial charge in [0.25, 0.3) is 0 Å². The lowest BCUT2D eigenvalue weighted by Gasteiger charge is -2.06. The monoisotopic (exact) mass is 346 g/mol. The Morgan fingerprint density at radius 2 is 1.86 bits per heavy atom. The van der Waals surface area contributed by atoms with Crippen LogP contribution >= 0.6 is 15.9 Å². The summed E-state index contributed by atoms with van der Waals surface area (Å²) in [5.41, 5.74) is 1.39. The van der Waals surface area contributed by atoms with Crippen molar-refractivity contribution in [3.05, 3.63) is 57.4 Å². The molecule has 0 aliphatic carbocycles. The molecule has 2 aromatic carbocycles. The van der Waals surface area contributed by atoms with E-state index in [1.807, 2.05) is 0 Å². The number of fused-ring (bicyclic) bond motifs is 1. The highest BCUT2D eigenvalue weighted by Crippen LogP contribution is 2.32. The highest BCUT2D eigenvalue weighted by Gasteiger charge is 2.13. The lowest BCUT2D eigenvalue weighted by Crippen LogP contribution is -2.04. The minimum atomic E-state index is -0.151. The van der Waals surface area contributed by atoms with E-state index in [2.05, 4.69) is 15.9 Å². The van der Waals surface area contributed by atoms with Crippen LogP contribution in [0.1, 0.15) is 0 Å². The summed E-state index contributed by atoms with van der Waals surface area (Å²) >= 11 is 3.22. The van der Waals surface area contributed by atoms with Gasteiger partial charge in [-0.15, -0.1) is 0 Å². The molecule has 1 aromatic heterocycles. The number of hydrogen-bond donors (Lipinski definition) is 1. The quantitative estimate of drug-likeness (QED) is 0.763. The molecule has 0 saturated heterocycles. The van der Waals surface area contributed by atoms with Gasteiger partial charge in [0.2, 0.25) is 5.43 Å². The van der Waals surface area contributed by atoms with E-state index in [0.29, 0.717) is 21.0 Å². The fourth-order valence-electron chi connectivity index (χ4n) is 2.13. The van der Waals surface area contributed by atoms with Gasteiger partial charge in [0.05, 0.1) is 18.1 Å². The smallest absolute Gasteiger partial charge is 0.200 e. The van der Waals surface area contributed by atoms with Crippen LogP contribution in [-0.4, -0.2) is 12.2 Å². The van der Waals surface area contributed by atoms with Crippen molar-refractivity contribution in [3.8, 4) is 22.6 Å². The Bertz CT molecular complexity index is 866. The summed E-state index contributed by atoms with van der Waals surface area (Å²) in [7, 11) is 1.59. The Balaban J connectivity index is 2.22. The van der Waals surface area contributed by atoms with Crippen LogP contribution in [0.3, 0.4) is 0 Å². The molecule has 3 rings (SSSR count). The predicted molar refractivity (Wildman–Crippen MR) is 83.8 cm³/mol. The molecule has 0 unspecified atom stereocenters. The zero-order chi connectivity index (χ0) is 15.0. The van der Waals surface area contributed by atoms with Gasteiger partial charge < -0.3 is 14.3 Å². The summed E-state index contributed by atoms with van der Waals surface area (Å²) in [4.78, 5) is 12.6. The molecule has 0 fully saturated rings. The van der Waals surface area contributed by atoms with Crippen molar-refractivity contribution in [3.63, 3.8) is 0 Å². The fourth-order valence-corrected chi connectivity index (χ4v) is 2.57. The molecule has 1 N–H and O–H groups in total. The number of benzene rings is 2. The van der Waals surface area contributed by atoms with E-state index in [9.17, 15) is 9.90 Å². The van der Waals surface area contributed by atoms with Gasteiger partial charge in [-0.2, -0.15) is 0 Å². The first-order valence-electron chi connectivity index (χ1n) is 6.19. The van der Waals surface area contributed by atoms with Crippen molar-refractivity contribution >= 4 is 26.9 Å². The van der Waals surface area contributed by atoms with Crippen LogP contribution in [0.25, 0.3) is 22.1 Å². The zero-order valence-corrected chi connectivity index (χ0v) is 12.7. The summed E-state index contributed by atoms with van der Waals surface area (Å²) < 4.78 is 11.0. The molecule has 0 spiro atoms. The third-order valence-electron chi connectivity index (χ3n) is 3.26. The van der Waals surface area contributed by atoms with E-state index in [1.165, 1.54) is 12.3 Å². The number of rotatable bonds is 2. The summed E-state index contributed by atoms with van der Waals surface area (Å²) in [6, 6.07) is 10.2. The van der Waals surface area contributed by atoms with Gasteiger partial charge in [0, 0.05) is 0 Å². The van der Waals surface area contributed by atoms with E-state index in [1.54, 1.807) is 37.4 Å². The van der Waals surface area contributed by atoms with Crippen molar-refractivity contribution in [1.82, 2.24) is 0 Å². The van der Waals surface area contributed by atoms with Crippen molar-refractivity contribution < 1.29 is 14.3 Å². The molecule has 0 amide bonds. The van der Waals surface area contributed by atoms with Crippen LogP contribution in [0.2, 0.25) is 0 Å². The summed E-state index contributed by atoms with van der Waals surface area (Å²) in [6.07, 6.45) is 1.40. The normalized spacial score (nSPS) is 10.8. The standard InChI is InChI=1S/C16H11BrO4/c1-20-10-4-2-9(3-5-10)12-8-21-16-11(15(12)19)6-7-13(18)14(16)17/h2-8,18H,1H3. The van der Waals surface area contributed by atoms with Gasteiger partial charge >= 0.3 is 0 Å². The Labute approximate surface area is 128 Å². The molecule has 0 saturated carbocycles. The van der Waals surface area contributed by atoms with Crippen molar-refractivity contribution in [2.45, 2.75) is 0 Å². The molecular formula is C16H11BrO4. The van der Waals surface area contributed by atoms with Crippen molar-refractivity contribution in [2.75, 3.05) is 7.11 Å². The van der Waals surface area contributed by atoms with Gasteiger partial charge in [-0.3, -0.25) is 4.79 Å². The molecule has 21 heavy (non-hydrogen) atoms. The SMILES string of the molecule is COc1ccc(-c2coc3c(Br)c(O)ccc3c2=O)cc1. The highest BCUT2D eigenvalue weighted by molar-refractivity contribution is 9.10. The third kappa shape index (κ3) is 2.29. The van der Waals surface area contributed by atoms with Crippen LogP contribution in [0.15, 0.2) is 56.3 Å². The molecule has 5 heteroatoms. The second-order valence-electron chi connectivity index (χ2n) is 4.48. The van der Waals surface area contributed by atoms with E-state index >= 15 is 0 Å². The van der Waals surface area contributed by atoms with Crippen molar-refractivity contribution in [2.24, 2.45) is 0 Å². The number of hydrogen-bond acceptors (Lipinski definition) is 4. The molecule has 4 nitrogen and oxygen atoms in total. The number of phenolic OH excluding ortho intramolecular Hbond substituents is 1. The number of ether oxygens (including phenoxy) is 1. The molecular weight excluding hydrogens is 336 g/mol. The van der Waals surface area contributed by atoms with Crippen molar-refractivity contribution in [1.29, 1.82) is 0 Å². The van der Waals surface area contributed by atoms with Gasteiger partial charge in [0.1, 0.15) is 22.2 Å². The van der Waals surface area contributed by atoms with Crippen LogP contribution in [0.4, 0.5) is 0 Å². The van der Waals surface area contributed by atoms with E-state index in [0.717, 1.165) is 11.3 Å². The first-order valence-corrected chi connectivity index (χ1v) is 6.98. The number of methoxy groups -OCH3 is 1. The average Bonchev–Trinajstić information content (AvgIpc) is 2.52. The Morgan fingerprint density at radius 3 is 2.52 bits per heavy atom. The second kappa shape index (κ2) is 5.26. The molecule has 3 aromatic rings. The lowest BCUT2D eigenvalue weighted by atomic mass is 10.1. The number of halogens is 1. The first-order chi connectivity index (χ1) is 10.1. The van der Waals surface area contributed by atoms with Crippen LogP contribution < -0.4 is 10.2 Å². The second-order valence-corrected chi connectivity index (χ2v) is 5.28. The molecule has 0 radical (unpaired) electrons. The predicted octanol–water partition coefficient (Wildman–Crippen LogP) is 3.94. The highest BCUT2D eigenvalue weighted by atomic mass is 79.9. The van der Waals surface area contributed by atoms with Gasteiger partial charge in [0.15, 0.2) is 5.58 Å². The molecule has 0 aliphatic rings. The van der Waals surface area contributed by atoms with E-state index in [4.69, 9.17) is 9.15 Å². The maximum atomic E-state index is 12.6. The number of phenols is 1. The van der Waals surface area contributed by atoms with E-state index in [-0.39, 0.29) is 11.2 Å². The lowest BCUT2D eigenvalue weighted by molar-refractivity contribution is 0.415. The molecule has 0 aliphatic heterocycles. The van der Waals surface area contributed by atoms with Crippen LogP contribution in [0, 0.1) is 0 Å².